The average Bonchev–Trinajstić information content (AvgIpc) is 2.14. The Hall–Kier alpha value is -0.740. The van der Waals surface area contributed by atoms with Gasteiger partial charge in [-0.15, -0.1) is 0 Å². The van der Waals surface area contributed by atoms with Crippen LogP contribution in [0.1, 0.15) is 6.92 Å². The van der Waals surface area contributed by atoms with Gasteiger partial charge < -0.3 is 15.2 Å². The van der Waals surface area contributed by atoms with Crippen LogP contribution in [0.3, 0.4) is 0 Å². The van der Waals surface area contributed by atoms with Crippen molar-refractivity contribution < 1.29 is 9.84 Å². The Morgan fingerprint density at radius 3 is 2.79 bits per heavy atom. The van der Waals surface area contributed by atoms with Gasteiger partial charge in [0.25, 0.3) is 0 Å². The first-order chi connectivity index (χ1) is 6.61. The van der Waals surface area contributed by atoms with Crippen molar-refractivity contribution in [3.05, 3.63) is 22.7 Å². The van der Waals surface area contributed by atoms with E-state index in [0.29, 0.717) is 6.54 Å². The van der Waals surface area contributed by atoms with E-state index in [4.69, 9.17) is 9.84 Å². The van der Waals surface area contributed by atoms with Crippen molar-refractivity contribution in [3.8, 4) is 5.75 Å². The minimum atomic E-state index is -0.361. The van der Waals surface area contributed by atoms with Crippen molar-refractivity contribution in [3.63, 3.8) is 0 Å². The number of ether oxygens (including phenoxy) is 1. The molecule has 0 radical (unpaired) electrons. The summed E-state index contributed by atoms with van der Waals surface area (Å²) in [6.45, 7) is 2.27. The summed E-state index contributed by atoms with van der Waals surface area (Å²) in [5, 5.41) is 12.2. The summed E-state index contributed by atoms with van der Waals surface area (Å²) < 4.78 is 6.06. The zero-order valence-electron chi connectivity index (χ0n) is 8.25. The Labute approximate surface area is 92.2 Å². The van der Waals surface area contributed by atoms with Gasteiger partial charge in [-0.2, -0.15) is 0 Å². The van der Waals surface area contributed by atoms with Crippen LogP contribution in [0.5, 0.6) is 5.75 Å². The lowest BCUT2D eigenvalue weighted by Gasteiger charge is -2.10. The number of halogens is 1. The van der Waals surface area contributed by atoms with Gasteiger partial charge in [0.1, 0.15) is 5.75 Å². The molecular formula is C10H14BrNO2. The SMILES string of the molecule is COc1cc(Br)cc(NC[C@@H](C)O)c1. The number of aliphatic hydroxyl groups is 1. The Morgan fingerprint density at radius 2 is 2.21 bits per heavy atom. The molecule has 3 nitrogen and oxygen atoms in total. The Balaban J connectivity index is 2.71. The number of hydrogen-bond acceptors (Lipinski definition) is 3. The van der Waals surface area contributed by atoms with Crippen molar-refractivity contribution in [1.29, 1.82) is 0 Å². The van der Waals surface area contributed by atoms with Gasteiger partial charge in [-0.25, -0.2) is 0 Å². The molecule has 0 fully saturated rings. The summed E-state index contributed by atoms with van der Waals surface area (Å²) in [4.78, 5) is 0. The number of nitrogens with one attached hydrogen (secondary N) is 1. The molecule has 0 saturated heterocycles. The molecule has 0 aromatic heterocycles. The van der Waals surface area contributed by atoms with E-state index in [1.165, 1.54) is 0 Å². The lowest BCUT2D eigenvalue weighted by Crippen LogP contribution is -2.15. The summed E-state index contributed by atoms with van der Waals surface area (Å²) in [6, 6.07) is 5.70. The van der Waals surface area contributed by atoms with Gasteiger partial charge in [0, 0.05) is 22.8 Å². The third kappa shape index (κ3) is 3.55. The maximum atomic E-state index is 9.10. The van der Waals surface area contributed by atoms with Gasteiger partial charge in [-0.05, 0) is 19.1 Å². The maximum Gasteiger partial charge on any atom is 0.122 e. The van der Waals surface area contributed by atoms with Crippen LogP contribution < -0.4 is 10.1 Å². The number of anilines is 1. The van der Waals surface area contributed by atoms with E-state index in [9.17, 15) is 0 Å². The molecule has 0 spiro atoms. The number of benzene rings is 1. The van der Waals surface area contributed by atoms with Crippen LogP contribution in [-0.4, -0.2) is 24.9 Å². The monoisotopic (exact) mass is 259 g/mol. The van der Waals surface area contributed by atoms with Gasteiger partial charge in [0.15, 0.2) is 0 Å². The largest absolute Gasteiger partial charge is 0.497 e. The molecule has 2 N–H and O–H groups in total. The molecule has 1 atom stereocenters. The van der Waals surface area contributed by atoms with Crippen LogP contribution in [0.15, 0.2) is 22.7 Å². The standard InChI is InChI=1S/C10H14BrNO2/c1-7(13)6-12-9-3-8(11)4-10(5-9)14-2/h3-5,7,12-13H,6H2,1-2H3/t7-/m1/s1. The molecule has 1 aromatic carbocycles. The molecule has 0 saturated carbocycles. The second kappa shape index (κ2) is 5.22. The fourth-order valence-electron chi connectivity index (χ4n) is 1.05. The van der Waals surface area contributed by atoms with Crippen LogP contribution in [-0.2, 0) is 0 Å². The number of rotatable bonds is 4. The second-order valence-electron chi connectivity index (χ2n) is 3.11. The number of aliphatic hydroxyl groups excluding tert-OH is 1. The van der Waals surface area contributed by atoms with Gasteiger partial charge in [-0.3, -0.25) is 0 Å². The minimum absolute atomic E-state index is 0.361. The smallest absolute Gasteiger partial charge is 0.122 e. The molecule has 0 aliphatic heterocycles. The number of hydrogen-bond donors (Lipinski definition) is 2. The van der Waals surface area contributed by atoms with E-state index in [0.717, 1.165) is 15.9 Å². The summed E-state index contributed by atoms with van der Waals surface area (Å²) in [7, 11) is 1.63. The van der Waals surface area contributed by atoms with E-state index in [1.807, 2.05) is 18.2 Å². The van der Waals surface area contributed by atoms with E-state index < -0.39 is 0 Å². The van der Waals surface area contributed by atoms with Crippen molar-refractivity contribution in [1.82, 2.24) is 0 Å². The van der Waals surface area contributed by atoms with Crippen molar-refractivity contribution in [2.24, 2.45) is 0 Å². The summed E-state index contributed by atoms with van der Waals surface area (Å²) >= 11 is 3.38. The highest BCUT2D eigenvalue weighted by Gasteiger charge is 2.00. The van der Waals surface area contributed by atoms with E-state index >= 15 is 0 Å². The molecule has 0 unspecified atom stereocenters. The fraction of sp³-hybridized carbons (Fsp3) is 0.400. The van der Waals surface area contributed by atoms with Crippen molar-refractivity contribution in [2.75, 3.05) is 19.0 Å². The van der Waals surface area contributed by atoms with Gasteiger partial charge >= 0.3 is 0 Å². The minimum Gasteiger partial charge on any atom is -0.497 e. The van der Waals surface area contributed by atoms with E-state index in [-0.39, 0.29) is 6.10 Å². The molecule has 1 aromatic rings. The zero-order valence-corrected chi connectivity index (χ0v) is 9.84. The first-order valence-corrected chi connectivity index (χ1v) is 5.17. The topological polar surface area (TPSA) is 41.5 Å². The normalized spacial score (nSPS) is 12.3. The Kier molecular flexibility index (Phi) is 4.22. The molecule has 0 bridgehead atoms. The van der Waals surface area contributed by atoms with Crippen LogP contribution >= 0.6 is 15.9 Å². The Morgan fingerprint density at radius 1 is 1.50 bits per heavy atom. The molecule has 0 aliphatic rings. The summed E-state index contributed by atoms with van der Waals surface area (Å²) in [6.07, 6.45) is -0.361. The van der Waals surface area contributed by atoms with Crippen LogP contribution in [0, 0.1) is 0 Å². The Bertz CT molecular complexity index is 302. The van der Waals surface area contributed by atoms with Crippen LogP contribution in [0.25, 0.3) is 0 Å². The molecule has 14 heavy (non-hydrogen) atoms. The maximum absolute atomic E-state index is 9.10. The highest BCUT2D eigenvalue weighted by molar-refractivity contribution is 9.10. The van der Waals surface area contributed by atoms with Crippen molar-refractivity contribution in [2.45, 2.75) is 13.0 Å². The summed E-state index contributed by atoms with van der Waals surface area (Å²) in [5.41, 5.74) is 0.928. The molecule has 0 aliphatic carbocycles. The lowest BCUT2D eigenvalue weighted by atomic mass is 10.3. The molecule has 78 valence electrons. The van der Waals surface area contributed by atoms with E-state index in [1.54, 1.807) is 14.0 Å². The third-order valence-corrected chi connectivity index (χ3v) is 2.17. The quantitative estimate of drug-likeness (QED) is 0.872. The molecule has 4 heteroatoms. The molecule has 0 amide bonds. The first-order valence-electron chi connectivity index (χ1n) is 4.38. The predicted molar refractivity (Wildman–Crippen MR) is 60.9 cm³/mol. The first kappa shape index (κ1) is 11.3. The summed E-state index contributed by atoms with van der Waals surface area (Å²) in [5.74, 6) is 0.785. The zero-order chi connectivity index (χ0) is 10.6. The van der Waals surface area contributed by atoms with Crippen molar-refractivity contribution >= 4 is 21.6 Å². The van der Waals surface area contributed by atoms with Crippen LogP contribution in [0.2, 0.25) is 0 Å². The van der Waals surface area contributed by atoms with E-state index in [2.05, 4.69) is 21.2 Å². The number of methoxy groups -OCH3 is 1. The fourth-order valence-corrected chi connectivity index (χ4v) is 1.52. The second-order valence-corrected chi connectivity index (χ2v) is 4.03. The average molecular weight is 260 g/mol. The predicted octanol–water partition coefficient (Wildman–Crippen LogP) is 2.25. The van der Waals surface area contributed by atoms with Gasteiger partial charge in [-0.1, -0.05) is 15.9 Å². The van der Waals surface area contributed by atoms with Crippen LogP contribution in [0.4, 0.5) is 5.69 Å². The lowest BCUT2D eigenvalue weighted by molar-refractivity contribution is 0.208. The van der Waals surface area contributed by atoms with Gasteiger partial charge in [0.05, 0.1) is 13.2 Å². The molecular weight excluding hydrogens is 246 g/mol. The highest BCUT2D eigenvalue weighted by atomic mass is 79.9. The third-order valence-electron chi connectivity index (χ3n) is 1.71. The molecule has 0 heterocycles. The van der Waals surface area contributed by atoms with Gasteiger partial charge in [0.2, 0.25) is 0 Å². The highest BCUT2D eigenvalue weighted by Crippen LogP contribution is 2.24. The molecule has 1 rings (SSSR count).